The average molecular weight is 293 g/mol. The van der Waals surface area contributed by atoms with Gasteiger partial charge >= 0.3 is 0 Å². The molecule has 2 heteroatoms. The van der Waals surface area contributed by atoms with Gasteiger partial charge in [-0.1, -0.05) is 72.1 Å². The summed E-state index contributed by atoms with van der Waals surface area (Å²) < 4.78 is 0. The molecule has 0 spiro atoms. The molecule has 20 heavy (non-hydrogen) atoms. The maximum Gasteiger partial charge on any atom is 0.0340 e. The summed E-state index contributed by atoms with van der Waals surface area (Å²) in [5.74, 6) is 0. The Morgan fingerprint density at radius 3 is 1.85 bits per heavy atom. The van der Waals surface area contributed by atoms with Gasteiger partial charge in [-0.25, -0.2) is 0 Å². The second-order valence-corrected chi connectivity index (χ2v) is 6.39. The van der Waals surface area contributed by atoms with Gasteiger partial charge in [-0.2, -0.15) is 0 Å². The van der Waals surface area contributed by atoms with Crippen molar-refractivity contribution in [2.75, 3.05) is 0 Å². The van der Waals surface area contributed by atoms with E-state index in [0.29, 0.717) is 0 Å². The first-order valence-corrected chi connectivity index (χ1v) is 8.01. The monoisotopic (exact) mass is 293 g/mol. The molecule has 0 saturated carbocycles. The van der Waals surface area contributed by atoms with Gasteiger partial charge in [0.05, 0.1) is 0 Å². The highest BCUT2D eigenvalue weighted by molar-refractivity contribution is 8.02. The van der Waals surface area contributed by atoms with E-state index in [2.05, 4.69) is 60.7 Å². The highest BCUT2D eigenvalue weighted by Gasteiger charge is 2.05. The van der Waals surface area contributed by atoms with Crippen molar-refractivity contribution < 1.29 is 0 Å². The molecular formula is C18H13S2. The van der Waals surface area contributed by atoms with Gasteiger partial charge in [-0.05, 0) is 36.4 Å². The predicted molar refractivity (Wildman–Crippen MR) is 86.4 cm³/mol. The summed E-state index contributed by atoms with van der Waals surface area (Å²) in [5, 5.41) is 0. The van der Waals surface area contributed by atoms with Crippen molar-refractivity contribution in [3.8, 4) is 0 Å². The summed E-state index contributed by atoms with van der Waals surface area (Å²) in [4.78, 5) is 4.91. The number of benzene rings is 3. The molecule has 0 N–H and O–H groups in total. The van der Waals surface area contributed by atoms with E-state index in [-0.39, 0.29) is 0 Å². The van der Waals surface area contributed by atoms with Gasteiger partial charge in [0.25, 0.3) is 0 Å². The second kappa shape index (κ2) is 6.69. The molecule has 0 saturated heterocycles. The fourth-order valence-corrected chi connectivity index (χ4v) is 3.71. The van der Waals surface area contributed by atoms with E-state index in [1.807, 2.05) is 24.3 Å². The van der Waals surface area contributed by atoms with Crippen LogP contribution in [0.2, 0.25) is 0 Å². The first kappa shape index (κ1) is 13.3. The molecule has 0 fully saturated rings. The molecule has 1 radical (unpaired) electrons. The molecule has 97 valence electrons. The van der Waals surface area contributed by atoms with Crippen molar-refractivity contribution in [2.24, 2.45) is 0 Å². The molecule has 3 aromatic carbocycles. The van der Waals surface area contributed by atoms with E-state index in [0.717, 1.165) is 0 Å². The Morgan fingerprint density at radius 1 is 0.600 bits per heavy atom. The molecule has 0 bridgehead atoms. The molecule has 3 aromatic rings. The van der Waals surface area contributed by atoms with Crippen molar-refractivity contribution in [2.45, 2.75) is 19.6 Å². The third-order valence-electron chi connectivity index (χ3n) is 2.72. The van der Waals surface area contributed by atoms with Gasteiger partial charge in [0, 0.05) is 19.6 Å². The minimum Gasteiger partial charge on any atom is -0.0889 e. The normalized spacial score (nSPS) is 10.4. The highest BCUT2D eigenvalue weighted by atomic mass is 32.2. The smallest absolute Gasteiger partial charge is 0.0340 e. The van der Waals surface area contributed by atoms with Crippen LogP contribution in [0.4, 0.5) is 0 Å². The van der Waals surface area contributed by atoms with Crippen LogP contribution in [0.5, 0.6) is 0 Å². The Balaban J connectivity index is 1.85. The van der Waals surface area contributed by atoms with E-state index in [9.17, 15) is 0 Å². The Labute approximate surface area is 128 Å². The Morgan fingerprint density at radius 2 is 1.20 bits per heavy atom. The quantitative estimate of drug-likeness (QED) is 0.597. The molecule has 3 rings (SSSR count). The molecule has 0 nitrogen and oxygen atoms in total. The maximum atomic E-state index is 3.35. The van der Waals surface area contributed by atoms with Crippen LogP contribution in [0.1, 0.15) is 0 Å². The van der Waals surface area contributed by atoms with Crippen molar-refractivity contribution in [1.29, 1.82) is 0 Å². The third-order valence-corrected chi connectivity index (χ3v) is 4.96. The van der Waals surface area contributed by atoms with Crippen LogP contribution in [0.25, 0.3) is 0 Å². The highest BCUT2D eigenvalue weighted by Crippen LogP contribution is 2.38. The minimum atomic E-state index is 1.17. The van der Waals surface area contributed by atoms with Gasteiger partial charge in [-0.15, -0.1) is 0 Å². The molecular weight excluding hydrogens is 280 g/mol. The summed E-state index contributed by atoms with van der Waals surface area (Å²) in [5.41, 5.74) is 0. The molecule has 0 heterocycles. The topological polar surface area (TPSA) is 0 Å². The van der Waals surface area contributed by atoms with Crippen LogP contribution in [0, 0.1) is 6.07 Å². The fraction of sp³-hybridized carbons (Fsp3) is 0. The van der Waals surface area contributed by atoms with Crippen LogP contribution >= 0.6 is 23.5 Å². The van der Waals surface area contributed by atoms with E-state index >= 15 is 0 Å². The van der Waals surface area contributed by atoms with E-state index in [1.54, 1.807) is 23.5 Å². The molecule has 0 aliphatic carbocycles. The first-order valence-electron chi connectivity index (χ1n) is 6.38. The van der Waals surface area contributed by atoms with Gasteiger partial charge in [0.1, 0.15) is 0 Å². The van der Waals surface area contributed by atoms with Gasteiger partial charge < -0.3 is 0 Å². The molecule has 0 aliphatic rings. The van der Waals surface area contributed by atoms with Crippen molar-refractivity contribution in [3.63, 3.8) is 0 Å². The van der Waals surface area contributed by atoms with Gasteiger partial charge in [0.15, 0.2) is 0 Å². The van der Waals surface area contributed by atoms with E-state index in [4.69, 9.17) is 0 Å². The van der Waals surface area contributed by atoms with Crippen LogP contribution in [0.15, 0.2) is 98.4 Å². The molecule has 0 atom stereocenters. The Bertz CT molecular complexity index is 603. The van der Waals surface area contributed by atoms with Crippen molar-refractivity contribution in [1.82, 2.24) is 0 Å². The standard InChI is InChI=1S/C18H13S2/c1-3-9-15(10-4-1)19-17-13-7-8-14-18(17)20-16-11-5-2-6-12-16/h1-13H. The van der Waals surface area contributed by atoms with Crippen LogP contribution in [-0.2, 0) is 0 Å². The second-order valence-electron chi connectivity index (χ2n) is 4.19. The van der Waals surface area contributed by atoms with Crippen molar-refractivity contribution >= 4 is 23.5 Å². The van der Waals surface area contributed by atoms with E-state index in [1.165, 1.54) is 19.6 Å². The Kier molecular flexibility index (Phi) is 4.46. The van der Waals surface area contributed by atoms with Crippen molar-refractivity contribution in [3.05, 3.63) is 84.9 Å². The zero-order valence-corrected chi connectivity index (χ0v) is 12.5. The van der Waals surface area contributed by atoms with Crippen LogP contribution < -0.4 is 0 Å². The third kappa shape index (κ3) is 3.47. The predicted octanol–water partition coefficient (Wildman–Crippen LogP) is 5.79. The lowest BCUT2D eigenvalue weighted by atomic mass is 10.4. The van der Waals surface area contributed by atoms with Crippen LogP contribution in [0.3, 0.4) is 0 Å². The summed E-state index contributed by atoms with van der Waals surface area (Å²) in [7, 11) is 0. The number of hydrogen-bond acceptors (Lipinski definition) is 2. The lowest BCUT2D eigenvalue weighted by molar-refractivity contribution is 1.22. The first-order chi connectivity index (χ1) is 9.92. The van der Waals surface area contributed by atoms with Gasteiger partial charge in [0.2, 0.25) is 0 Å². The molecule has 0 aromatic heterocycles. The number of hydrogen-bond donors (Lipinski definition) is 0. The minimum absolute atomic E-state index is 1.17. The zero-order valence-electron chi connectivity index (χ0n) is 10.8. The summed E-state index contributed by atoms with van der Waals surface area (Å²) in [6, 6.07) is 30.4. The van der Waals surface area contributed by atoms with E-state index < -0.39 is 0 Å². The Hall–Kier alpha value is -1.64. The molecule has 0 aliphatic heterocycles. The fourth-order valence-electron chi connectivity index (χ4n) is 1.79. The summed E-state index contributed by atoms with van der Waals surface area (Å²) in [6.07, 6.45) is 0. The lowest BCUT2D eigenvalue weighted by Gasteiger charge is -2.08. The summed E-state index contributed by atoms with van der Waals surface area (Å²) >= 11 is 3.54. The maximum absolute atomic E-state index is 3.35. The molecule has 0 amide bonds. The average Bonchev–Trinajstić information content (AvgIpc) is 2.51. The van der Waals surface area contributed by atoms with Crippen LogP contribution in [-0.4, -0.2) is 0 Å². The SMILES string of the molecule is [c]1cccc(Sc2ccccc2)c1Sc1ccccc1. The van der Waals surface area contributed by atoms with Gasteiger partial charge in [-0.3, -0.25) is 0 Å². The summed E-state index contributed by atoms with van der Waals surface area (Å²) in [6.45, 7) is 0. The largest absolute Gasteiger partial charge is 0.0889 e. The lowest BCUT2D eigenvalue weighted by Crippen LogP contribution is -1.80. The zero-order chi connectivity index (χ0) is 13.6. The molecule has 0 unspecified atom stereocenters. The number of rotatable bonds is 4.